The molecule has 0 spiro atoms. The summed E-state index contributed by atoms with van der Waals surface area (Å²) in [7, 11) is 0. The zero-order valence-electron chi connectivity index (χ0n) is 11.0. The standard InChI is InChI=1S/C15H21ClFN/c1-10-4-3-7-15(18,11(10)2)9-12-8-13(16)5-6-14(12)17/h5-6,8,10-11H,3-4,7,9,18H2,1-2H3. The maximum Gasteiger partial charge on any atom is 0.126 e. The van der Waals surface area contributed by atoms with E-state index in [-0.39, 0.29) is 11.4 Å². The number of hydrogen-bond acceptors (Lipinski definition) is 1. The van der Waals surface area contributed by atoms with Crippen LogP contribution in [-0.2, 0) is 6.42 Å². The zero-order valence-corrected chi connectivity index (χ0v) is 11.8. The van der Waals surface area contributed by atoms with Crippen molar-refractivity contribution in [1.29, 1.82) is 0 Å². The van der Waals surface area contributed by atoms with Crippen LogP contribution >= 0.6 is 11.6 Å². The van der Waals surface area contributed by atoms with Gasteiger partial charge in [-0.15, -0.1) is 0 Å². The van der Waals surface area contributed by atoms with E-state index in [0.29, 0.717) is 28.8 Å². The van der Waals surface area contributed by atoms with Crippen LogP contribution in [0.4, 0.5) is 4.39 Å². The highest BCUT2D eigenvalue weighted by Gasteiger charge is 2.38. The van der Waals surface area contributed by atoms with Crippen molar-refractivity contribution in [2.75, 3.05) is 0 Å². The highest BCUT2D eigenvalue weighted by Crippen LogP contribution is 2.38. The highest BCUT2D eigenvalue weighted by atomic mass is 35.5. The second-order valence-electron chi connectivity index (χ2n) is 5.80. The summed E-state index contributed by atoms with van der Waals surface area (Å²) < 4.78 is 13.8. The lowest BCUT2D eigenvalue weighted by molar-refractivity contribution is 0.142. The molecule has 1 fully saturated rings. The maximum absolute atomic E-state index is 13.8. The minimum atomic E-state index is -0.302. The number of hydrogen-bond donors (Lipinski definition) is 1. The maximum atomic E-state index is 13.8. The molecule has 3 heteroatoms. The molecule has 100 valence electrons. The molecule has 3 atom stereocenters. The summed E-state index contributed by atoms with van der Waals surface area (Å²) in [4.78, 5) is 0. The average Bonchev–Trinajstić information content (AvgIpc) is 2.31. The van der Waals surface area contributed by atoms with Crippen molar-refractivity contribution in [3.63, 3.8) is 0 Å². The summed E-state index contributed by atoms with van der Waals surface area (Å²) in [6, 6.07) is 4.71. The second kappa shape index (κ2) is 5.18. The predicted molar refractivity (Wildman–Crippen MR) is 74.2 cm³/mol. The smallest absolute Gasteiger partial charge is 0.126 e. The topological polar surface area (TPSA) is 26.0 Å². The largest absolute Gasteiger partial charge is 0.325 e. The Morgan fingerprint density at radius 2 is 2.17 bits per heavy atom. The molecular weight excluding hydrogens is 249 g/mol. The van der Waals surface area contributed by atoms with Gasteiger partial charge in [-0.05, 0) is 48.4 Å². The minimum Gasteiger partial charge on any atom is -0.325 e. The van der Waals surface area contributed by atoms with Gasteiger partial charge in [-0.25, -0.2) is 4.39 Å². The van der Waals surface area contributed by atoms with E-state index in [1.54, 1.807) is 12.1 Å². The zero-order chi connectivity index (χ0) is 13.3. The predicted octanol–water partition coefficient (Wildman–Crippen LogP) is 4.18. The Balaban J connectivity index is 2.23. The van der Waals surface area contributed by atoms with Crippen LogP contribution in [0.15, 0.2) is 18.2 Å². The fraction of sp³-hybridized carbons (Fsp3) is 0.600. The van der Waals surface area contributed by atoms with Gasteiger partial charge in [0.1, 0.15) is 5.82 Å². The molecule has 1 aliphatic carbocycles. The van der Waals surface area contributed by atoms with Crippen LogP contribution in [0, 0.1) is 17.7 Å². The Hall–Kier alpha value is -0.600. The average molecular weight is 270 g/mol. The first-order chi connectivity index (χ1) is 8.42. The molecule has 0 aliphatic heterocycles. The molecule has 1 aliphatic rings. The van der Waals surface area contributed by atoms with Gasteiger partial charge in [-0.3, -0.25) is 0 Å². The molecule has 1 saturated carbocycles. The third kappa shape index (κ3) is 2.70. The third-order valence-electron chi connectivity index (χ3n) is 4.59. The summed E-state index contributed by atoms with van der Waals surface area (Å²) in [5.74, 6) is 0.810. The van der Waals surface area contributed by atoms with Crippen LogP contribution in [0.25, 0.3) is 0 Å². The van der Waals surface area contributed by atoms with Gasteiger partial charge in [0, 0.05) is 10.6 Å². The molecule has 1 nitrogen and oxygen atoms in total. The van der Waals surface area contributed by atoms with Gasteiger partial charge >= 0.3 is 0 Å². The van der Waals surface area contributed by atoms with Gasteiger partial charge in [0.25, 0.3) is 0 Å². The van der Waals surface area contributed by atoms with Crippen molar-refractivity contribution in [2.24, 2.45) is 17.6 Å². The molecule has 2 N–H and O–H groups in total. The molecule has 0 bridgehead atoms. The van der Waals surface area contributed by atoms with Crippen LogP contribution in [-0.4, -0.2) is 5.54 Å². The minimum absolute atomic E-state index is 0.199. The lowest BCUT2D eigenvalue weighted by Gasteiger charge is -2.43. The first-order valence-corrected chi connectivity index (χ1v) is 7.03. The fourth-order valence-corrected chi connectivity index (χ4v) is 3.27. The summed E-state index contributed by atoms with van der Waals surface area (Å²) >= 11 is 5.94. The lowest BCUT2D eigenvalue weighted by atomic mass is 9.66. The van der Waals surface area contributed by atoms with Crippen molar-refractivity contribution in [1.82, 2.24) is 0 Å². The van der Waals surface area contributed by atoms with Gasteiger partial charge in [0.15, 0.2) is 0 Å². The number of nitrogens with two attached hydrogens (primary N) is 1. The molecular formula is C15H21ClFN. The third-order valence-corrected chi connectivity index (χ3v) is 4.82. The van der Waals surface area contributed by atoms with Crippen LogP contribution in [0.1, 0.15) is 38.7 Å². The molecule has 1 aromatic rings. The van der Waals surface area contributed by atoms with Crippen LogP contribution in [0.3, 0.4) is 0 Å². The molecule has 0 saturated heterocycles. The number of rotatable bonds is 2. The molecule has 0 amide bonds. The Bertz CT molecular complexity index is 435. The van der Waals surface area contributed by atoms with E-state index < -0.39 is 0 Å². The van der Waals surface area contributed by atoms with E-state index in [0.717, 1.165) is 12.8 Å². The molecule has 0 heterocycles. The van der Waals surface area contributed by atoms with Gasteiger partial charge in [-0.2, -0.15) is 0 Å². The number of halogens is 2. The summed E-state index contributed by atoms with van der Waals surface area (Å²) in [6.07, 6.45) is 3.89. The second-order valence-corrected chi connectivity index (χ2v) is 6.24. The number of benzene rings is 1. The Morgan fingerprint density at radius 3 is 2.89 bits per heavy atom. The Labute approximate surface area is 114 Å². The van der Waals surface area contributed by atoms with Crippen LogP contribution in [0.2, 0.25) is 5.02 Å². The molecule has 18 heavy (non-hydrogen) atoms. The first kappa shape index (κ1) is 13.8. The molecule has 1 aromatic carbocycles. The van der Waals surface area contributed by atoms with Crippen molar-refractivity contribution < 1.29 is 4.39 Å². The normalized spacial score (nSPS) is 32.5. The van der Waals surface area contributed by atoms with E-state index in [2.05, 4.69) is 13.8 Å². The van der Waals surface area contributed by atoms with Crippen molar-refractivity contribution in [3.8, 4) is 0 Å². The monoisotopic (exact) mass is 269 g/mol. The quantitative estimate of drug-likeness (QED) is 0.857. The molecule has 0 aromatic heterocycles. The van der Waals surface area contributed by atoms with Gasteiger partial charge in [0.05, 0.1) is 0 Å². The van der Waals surface area contributed by atoms with E-state index in [1.807, 2.05) is 0 Å². The molecule has 3 unspecified atom stereocenters. The van der Waals surface area contributed by atoms with Crippen molar-refractivity contribution >= 4 is 11.6 Å². The Morgan fingerprint density at radius 1 is 1.44 bits per heavy atom. The fourth-order valence-electron chi connectivity index (χ4n) is 3.08. The van der Waals surface area contributed by atoms with Crippen molar-refractivity contribution in [3.05, 3.63) is 34.6 Å². The summed E-state index contributed by atoms with van der Waals surface area (Å²) in [5.41, 5.74) is 6.88. The highest BCUT2D eigenvalue weighted by molar-refractivity contribution is 6.30. The van der Waals surface area contributed by atoms with Crippen LogP contribution < -0.4 is 5.73 Å². The van der Waals surface area contributed by atoms with E-state index >= 15 is 0 Å². The molecule has 2 rings (SSSR count). The SMILES string of the molecule is CC1CCCC(N)(Cc2cc(Cl)ccc2F)C1C. The van der Waals surface area contributed by atoms with Gasteiger partial charge < -0.3 is 5.73 Å². The van der Waals surface area contributed by atoms with E-state index in [4.69, 9.17) is 17.3 Å². The van der Waals surface area contributed by atoms with Crippen molar-refractivity contribution in [2.45, 2.75) is 45.1 Å². The van der Waals surface area contributed by atoms with E-state index in [1.165, 1.54) is 12.5 Å². The van der Waals surface area contributed by atoms with Crippen LogP contribution in [0.5, 0.6) is 0 Å². The first-order valence-electron chi connectivity index (χ1n) is 6.65. The molecule has 0 radical (unpaired) electrons. The van der Waals surface area contributed by atoms with Gasteiger partial charge in [0.2, 0.25) is 0 Å². The van der Waals surface area contributed by atoms with Gasteiger partial charge in [-0.1, -0.05) is 38.3 Å². The summed E-state index contributed by atoms with van der Waals surface area (Å²) in [6.45, 7) is 4.42. The lowest BCUT2D eigenvalue weighted by Crippen LogP contribution is -2.52. The Kier molecular flexibility index (Phi) is 3.98. The van der Waals surface area contributed by atoms with E-state index in [9.17, 15) is 4.39 Å². The summed E-state index contributed by atoms with van der Waals surface area (Å²) in [5, 5.41) is 0.575.